The smallest absolute Gasteiger partial charge is 0.223 e. The summed E-state index contributed by atoms with van der Waals surface area (Å²) in [6.07, 6.45) is 10.3. The fourth-order valence-corrected chi connectivity index (χ4v) is 5.59. The Kier molecular flexibility index (Phi) is 6.39. The number of piperidine rings is 1. The van der Waals surface area contributed by atoms with E-state index in [9.17, 15) is 4.39 Å². The lowest BCUT2D eigenvalue weighted by atomic mass is 9.77. The van der Waals surface area contributed by atoms with Crippen LogP contribution in [0.5, 0.6) is 0 Å². The molecule has 2 heterocycles. The molecule has 2 aromatic carbocycles. The number of nitriles is 1. The van der Waals surface area contributed by atoms with E-state index in [1.165, 1.54) is 56.3 Å². The second-order valence-electron chi connectivity index (χ2n) is 9.54. The van der Waals surface area contributed by atoms with E-state index in [2.05, 4.69) is 38.4 Å². The standard InChI is InChI=1S/C27H30FN5/c28-23-9-12-26-22(15-23)17-30-27(32-26)31-25-6-2-1-5-21(25)14-20-4-3-13-33(18-20)24-10-7-19(16-29)8-11-24/h7-12,15,17,20-21,25H,1-6,13-14,18H2,(H,30,31,32)/t20-,21+,25-/m1/s1. The Morgan fingerprint density at radius 1 is 1.06 bits per heavy atom. The number of aromatic nitrogens is 2. The lowest BCUT2D eigenvalue weighted by Crippen LogP contribution is -2.39. The molecule has 2 fully saturated rings. The number of anilines is 2. The summed E-state index contributed by atoms with van der Waals surface area (Å²) in [5, 5.41) is 13.4. The van der Waals surface area contributed by atoms with Crippen molar-refractivity contribution >= 4 is 22.5 Å². The van der Waals surface area contributed by atoms with Crippen molar-refractivity contribution in [2.24, 2.45) is 11.8 Å². The highest BCUT2D eigenvalue weighted by Gasteiger charge is 2.30. The Labute approximate surface area is 194 Å². The third-order valence-electron chi connectivity index (χ3n) is 7.28. The summed E-state index contributed by atoms with van der Waals surface area (Å²) in [4.78, 5) is 11.6. The van der Waals surface area contributed by atoms with Gasteiger partial charge < -0.3 is 10.2 Å². The van der Waals surface area contributed by atoms with E-state index in [1.54, 1.807) is 12.3 Å². The summed E-state index contributed by atoms with van der Waals surface area (Å²) in [6.45, 7) is 2.16. The summed E-state index contributed by atoms with van der Waals surface area (Å²) in [7, 11) is 0. The Morgan fingerprint density at radius 3 is 2.76 bits per heavy atom. The molecule has 6 heteroatoms. The lowest BCUT2D eigenvalue weighted by Gasteiger charge is -2.39. The van der Waals surface area contributed by atoms with Crippen molar-refractivity contribution in [3.8, 4) is 6.07 Å². The molecule has 2 aliphatic rings. The van der Waals surface area contributed by atoms with E-state index in [0.29, 0.717) is 29.4 Å². The minimum absolute atomic E-state index is 0.262. The molecule has 0 unspecified atom stereocenters. The van der Waals surface area contributed by atoms with Crippen LogP contribution in [0.2, 0.25) is 0 Å². The molecule has 5 rings (SSSR count). The van der Waals surface area contributed by atoms with Crippen molar-refractivity contribution in [1.82, 2.24) is 9.97 Å². The molecule has 5 nitrogen and oxygen atoms in total. The molecule has 3 aromatic rings. The third kappa shape index (κ3) is 5.08. The maximum Gasteiger partial charge on any atom is 0.223 e. The first-order chi connectivity index (χ1) is 16.2. The second-order valence-corrected chi connectivity index (χ2v) is 9.54. The van der Waals surface area contributed by atoms with Gasteiger partial charge in [0.1, 0.15) is 5.82 Å². The maximum absolute atomic E-state index is 13.5. The molecule has 0 amide bonds. The normalized spacial score (nSPS) is 23.3. The van der Waals surface area contributed by atoms with Gasteiger partial charge in [0.15, 0.2) is 0 Å². The number of nitrogens with zero attached hydrogens (tertiary/aromatic N) is 4. The highest BCUT2D eigenvalue weighted by Crippen LogP contribution is 2.35. The van der Waals surface area contributed by atoms with Crippen molar-refractivity contribution in [2.45, 2.75) is 51.0 Å². The van der Waals surface area contributed by atoms with Crippen LogP contribution >= 0.6 is 0 Å². The molecule has 33 heavy (non-hydrogen) atoms. The second kappa shape index (κ2) is 9.74. The fourth-order valence-electron chi connectivity index (χ4n) is 5.59. The molecule has 1 aromatic heterocycles. The summed E-state index contributed by atoms with van der Waals surface area (Å²) in [6, 6.07) is 15.2. The molecule has 0 bridgehead atoms. The quantitative estimate of drug-likeness (QED) is 0.530. The maximum atomic E-state index is 13.5. The Hall–Kier alpha value is -3.20. The number of hydrogen-bond donors (Lipinski definition) is 1. The molecule has 1 saturated heterocycles. The van der Waals surface area contributed by atoms with Crippen LogP contribution in [0, 0.1) is 29.0 Å². The summed E-state index contributed by atoms with van der Waals surface area (Å²) < 4.78 is 13.5. The number of rotatable bonds is 5. The van der Waals surface area contributed by atoms with E-state index in [4.69, 9.17) is 5.26 Å². The first kappa shape index (κ1) is 21.6. The van der Waals surface area contributed by atoms with Gasteiger partial charge in [-0.3, -0.25) is 0 Å². The van der Waals surface area contributed by atoms with Gasteiger partial charge in [0.2, 0.25) is 5.95 Å². The van der Waals surface area contributed by atoms with Gasteiger partial charge in [-0.05, 0) is 86.4 Å². The zero-order valence-electron chi connectivity index (χ0n) is 18.9. The molecule has 0 radical (unpaired) electrons. The van der Waals surface area contributed by atoms with Crippen LogP contribution < -0.4 is 10.2 Å². The molecular formula is C27H30FN5. The van der Waals surface area contributed by atoms with Crippen LogP contribution in [0.1, 0.15) is 50.5 Å². The molecule has 3 atom stereocenters. The Morgan fingerprint density at radius 2 is 1.91 bits per heavy atom. The third-order valence-corrected chi connectivity index (χ3v) is 7.28. The lowest BCUT2D eigenvalue weighted by molar-refractivity contribution is 0.247. The summed E-state index contributed by atoms with van der Waals surface area (Å²) in [5.41, 5.74) is 2.70. The zero-order valence-corrected chi connectivity index (χ0v) is 18.9. The highest BCUT2D eigenvalue weighted by molar-refractivity contribution is 5.78. The van der Waals surface area contributed by atoms with Crippen molar-refractivity contribution < 1.29 is 4.39 Å². The van der Waals surface area contributed by atoms with E-state index in [1.807, 2.05) is 12.1 Å². The van der Waals surface area contributed by atoms with E-state index < -0.39 is 0 Å². The van der Waals surface area contributed by atoms with Gasteiger partial charge in [-0.25, -0.2) is 14.4 Å². The van der Waals surface area contributed by atoms with Crippen LogP contribution in [0.25, 0.3) is 10.9 Å². The largest absolute Gasteiger partial charge is 0.371 e. The van der Waals surface area contributed by atoms with Gasteiger partial charge in [-0.1, -0.05) is 12.8 Å². The molecule has 1 saturated carbocycles. The Bertz CT molecular complexity index is 1140. The van der Waals surface area contributed by atoms with Gasteiger partial charge in [0.05, 0.1) is 17.1 Å². The first-order valence-corrected chi connectivity index (χ1v) is 12.1. The molecule has 1 aliphatic carbocycles. The van der Waals surface area contributed by atoms with Crippen LogP contribution in [0.4, 0.5) is 16.0 Å². The van der Waals surface area contributed by atoms with Crippen molar-refractivity contribution in [1.29, 1.82) is 5.26 Å². The SMILES string of the molecule is N#Cc1ccc(N2CCC[C@H](C[C@@H]3CCCC[C@H]3Nc3ncc4cc(F)ccc4n3)C2)cc1. The Balaban J connectivity index is 1.25. The predicted molar refractivity (Wildman–Crippen MR) is 130 cm³/mol. The first-order valence-electron chi connectivity index (χ1n) is 12.1. The average Bonchev–Trinajstić information content (AvgIpc) is 2.85. The van der Waals surface area contributed by atoms with Crippen molar-refractivity contribution in [3.63, 3.8) is 0 Å². The molecule has 1 N–H and O–H groups in total. The van der Waals surface area contributed by atoms with Crippen molar-refractivity contribution in [2.75, 3.05) is 23.3 Å². The van der Waals surface area contributed by atoms with E-state index >= 15 is 0 Å². The van der Waals surface area contributed by atoms with Crippen molar-refractivity contribution in [3.05, 3.63) is 60.0 Å². The van der Waals surface area contributed by atoms with Crippen LogP contribution in [0.3, 0.4) is 0 Å². The van der Waals surface area contributed by atoms with Gasteiger partial charge in [0, 0.05) is 36.4 Å². The van der Waals surface area contributed by atoms with Crippen LogP contribution in [-0.2, 0) is 0 Å². The topological polar surface area (TPSA) is 64.8 Å². The van der Waals surface area contributed by atoms with Crippen LogP contribution in [-0.4, -0.2) is 29.1 Å². The van der Waals surface area contributed by atoms with Gasteiger partial charge in [-0.15, -0.1) is 0 Å². The minimum Gasteiger partial charge on any atom is -0.371 e. The summed E-state index contributed by atoms with van der Waals surface area (Å²) in [5.74, 6) is 1.66. The highest BCUT2D eigenvalue weighted by atomic mass is 19.1. The number of halogens is 1. The fraction of sp³-hybridized carbons (Fsp3) is 0.444. The number of hydrogen-bond acceptors (Lipinski definition) is 5. The summed E-state index contributed by atoms with van der Waals surface area (Å²) >= 11 is 0. The molecule has 170 valence electrons. The zero-order chi connectivity index (χ0) is 22.6. The average molecular weight is 444 g/mol. The van der Waals surface area contributed by atoms with Crippen LogP contribution in [0.15, 0.2) is 48.7 Å². The molecule has 1 aliphatic heterocycles. The molecular weight excluding hydrogens is 413 g/mol. The minimum atomic E-state index is -0.262. The van der Waals surface area contributed by atoms with E-state index in [-0.39, 0.29) is 5.82 Å². The number of fused-ring (bicyclic) bond motifs is 1. The predicted octanol–water partition coefficient (Wildman–Crippen LogP) is 5.92. The van der Waals surface area contributed by atoms with E-state index in [0.717, 1.165) is 30.4 Å². The van der Waals surface area contributed by atoms with Gasteiger partial charge in [-0.2, -0.15) is 5.26 Å². The monoisotopic (exact) mass is 443 g/mol. The number of nitrogens with one attached hydrogen (secondary N) is 1. The van der Waals surface area contributed by atoms with Gasteiger partial charge in [0.25, 0.3) is 0 Å². The number of benzene rings is 2. The molecule has 0 spiro atoms. The van der Waals surface area contributed by atoms with Gasteiger partial charge >= 0.3 is 0 Å².